The van der Waals surface area contributed by atoms with Gasteiger partial charge in [0, 0.05) is 42.0 Å². The Labute approximate surface area is 174 Å². The summed E-state index contributed by atoms with van der Waals surface area (Å²) >= 11 is 1.62. The van der Waals surface area contributed by atoms with Crippen LogP contribution in [-0.2, 0) is 16.0 Å². The number of likely N-dealkylation sites (tertiary alicyclic amines) is 1. The highest BCUT2D eigenvalue weighted by molar-refractivity contribution is 8.01. The monoisotopic (exact) mass is 416 g/mol. The van der Waals surface area contributed by atoms with Crippen molar-refractivity contribution < 1.29 is 14.3 Å². The number of H-pyrrole nitrogens is 1. The predicted molar refractivity (Wildman–Crippen MR) is 113 cm³/mol. The van der Waals surface area contributed by atoms with Crippen LogP contribution >= 0.6 is 11.8 Å². The zero-order valence-corrected chi connectivity index (χ0v) is 18.0. The second kappa shape index (κ2) is 7.89. The largest absolute Gasteiger partial charge is 0.444 e. The van der Waals surface area contributed by atoms with E-state index in [0.29, 0.717) is 32.0 Å². The molecule has 1 atom stereocenters. The van der Waals surface area contributed by atoms with Crippen molar-refractivity contribution in [3.8, 4) is 0 Å². The molecule has 0 aliphatic carbocycles. The van der Waals surface area contributed by atoms with Gasteiger partial charge in [0.2, 0.25) is 5.91 Å². The fourth-order valence-electron chi connectivity index (χ4n) is 3.88. The fraction of sp³-hybridized carbons (Fsp3) is 0.571. The Balaban J connectivity index is 1.25. The minimum absolute atomic E-state index is 0.0711. The molecular weight excluding hydrogens is 388 g/mol. The Morgan fingerprint density at radius 1 is 1.31 bits per heavy atom. The summed E-state index contributed by atoms with van der Waals surface area (Å²) in [6.45, 7) is 7.63. The number of aromatic amines is 1. The lowest BCUT2D eigenvalue weighted by atomic mass is 9.97. The van der Waals surface area contributed by atoms with Crippen molar-refractivity contribution in [2.45, 2.75) is 55.8 Å². The van der Waals surface area contributed by atoms with Gasteiger partial charge in [0.25, 0.3) is 0 Å². The van der Waals surface area contributed by atoms with Crippen LogP contribution in [-0.4, -0.2) is 57.6 Å². The first-order valence-electron chi connectivity index (χ1n) is 10.2. The maximum Gasteiger partial charge on any atom is 0.410 e. The van der Waals surface area contributed by atoms with Crippen LogP contribution in [0.4, 0.5) is 4.79 Å². The SMILES string of the molecule is CC(C)(C)OC(=O)N1CCC(CNC(=O)C2Cc3[nH]nc4cccc(c34)S2)CC1. The van der Waals surface area contributed by atoms with Gasteiger partial charge in [-0.25, -0.2) is 4.79 Å². The topological polar surface area (TPSA) is 87.3 Å². The van der Waals surface area contributed by atoms with E-state index in [1.807, 2.05) is 32.9 Å². The van der Waals surface area contributed by atoms with Crippen LogP contribution in [0.25, 0.3) is 10.9 Å². The van der Waals surface area contributed by atoms with Gasteiger partial charge in [-0.15, -0.1) is 11.8 Å². The molecule has 2 N–H and O–H groups in total. The number of amides is 2. The zero-order valence-electron chi connectivity index (χ0n) is 17.2. The Morgan fingerprint density at radius 3 is 2.79 bits per heavy atom. The molecule has 1 unspecified atom stereocenters. The number of nitrogens with zero attached hydrogens (tertiary/aromatic N) is 2. The molecule has 8 heteroatoms. The lowest BCUT2D eigenvalue weighted by Crippen LogP contribution is -2.44. The van der Waals surface area contributed by atoms with Crippen molar-refractivity contribution in [2.75, 3.05) is 19.6 Å². The lowest BCUT2D eigenvalue weighted by molar-refractivity contribution is -0.120. The molecule has 156 valence electrons. The van der Waals surface area contributed by atoms with E-state index < -0.39 is 5.60 Å². The zero-order chi connectivity index (χ0) is 20.6. The highest BCUT2D eigenvalue weighted by Crippen LogP contribution is 2.38. The predicted octanol–water partition coefficient (Wildman–Crippen LogP) is 3.34. The number of carbonyl (C=O) groups is 2. The number of aromatic nitrogens is 2. The van der Waals surface area contributed by atoms with E-state index in [-0.39, 0.29) is 17.3 Å². The van der Waals surface area contributed by atoms with E-state index in [1.54, 1.807) is 16.7 Å². The molecule has 1 aromatic carbocycles. The number of benzene rings is 1. The third-order valence-electron chi connectivity index (χ3n) is 5.40. The summed E-state index contributed by atoms with van der Waals surface area (Å²) in [6, 6.07) is 6.02. The van der Waals surface area contributed by atoms with Crippen LogP contribution in [0.1, 0.15) is 39.3 Å². The van der Waals surface area contributed by atoms with E-state index in [4.69, 9.17) is 4.74 Å². The summed E-state index contributed by atoms with van der Waals surface area (Å²) in [6.07, 6.45) is 2.17. The first-order chi connectivity index (χ1) is 13.8. The average Bonchev–Trinajstić information content (AvgIpc) is 3.10. The van der Waals surface area contributed by atoms with Crippen LogP contribution < -0.4 is 5.32 Å². The highest BCUT2D eigenvalue weighted by atomic mass is 32.2. The van der Waals surface area contributed by atoms with Crippen molar-refractivity contribution in [3.05, 3.63) is 23.9 Å². The molecule has 3 heterocycles. The van der Waals surface area contributed by atoms with Crippen molar-refractivity contribution in [1.29, 1.82) is 0 Å². The first-order valence-corrected chi connectivity index (χ1v) is 11.1. The van der Waals surface area contributed by atoms with Crippen molar-refractivity contribution >= 4 is 34.7 Å². The number of piperidine rings is 1. The summed E-state index contributed by atoms with van der Waals surface area (Å²) < 4.78 is 5.44. The standard InChI is InChI=1S/C21H28N4O3S/c1-21(2,3)28-20(27)25-9-7-13(8-10-25)12-22-19(26)17-11-15-18-14(23-24-15)5-4-6-16(18)29-17/h4-6,13,17H,7-12H2,1-3H3,(H,22,26)(H,23,24). The van der Waals surface area contributed by atoms with Gasteiger partial charge >= 0.3 is 6.09 Å². The molecule has 29 heavy (non-hydrogen) atoms. The summed E-state index contributed by atoms with van der Waals surface area (Å²) in [5.74, 6) is 0.458. The maximum atomic E-state index is 12.8. The summed E-state index contributed by atoms with van der Waals surface area (Å²) in [5.41, 5.74) is 1.53. The highest BCUT2D eigenvalue weighted by Gasteiger charge is 2.30. The van der Waals surface area contributed by atoms with Crippen LogP contribution in [0.2, 0.25) is 0 Å². The number of hydrogen-bond donors (Lipinski definition) is 2. The molecule has 0 spiro atoms. The van der Waals surface area contributed by atoms with E-state index in [0.717, 1.165) is 34.3 Å². The molecule has 1 fully saturated rings. The maximum absolute atomic E-state index is 12.8. The number of nitrogens with one attached hydrogen (secondary N) is 2. The second-order valence-corrected chi connectivity index (χ2v) is 10.1. The van der Waals surface area contributed by atoms with Gasteiger partial charge in [-0.3, -0.25) is 9.89 Å². The number of rotatable bonds is 3. The summed E-state index contributed by atoms with van der Waals surface area (Å²) in [4.78, 5) is 27.8. The summed E-state index contributed by atoms with van der Waals surface area (Å²) in [7, 11) is 0. The molecule has 7 nitrogen and oxygen atoms in total. The quantitative estimate of drug-likeness (QED) is 0.801. The van der Waals surface area contributed by atoms with Crippen LogP contribution in [0.3, 0.4) is 0 Å². The van der Waals surface area contributed by atoms with Gasteiger partial charge in [0.1, 0.15) is 5.60 Å². The summed E-state index contributed by atoms with van der Waals surface area (Å²) in [5, 5.41) is 11.6. The van der Waals surface area contributed by atoms with Gasteiger partial charge in [-0.05, 0) is 51.7 Å². The minimum atomic E-state index is -0.474. The van der Waals surface area contributed by atoms with Crippen molar-refractivity contribution in [3.63, 3.8) is 0 Å². The molecule has 2 aliphatic rings. The van der Waals surface area contributed by atoms with E-state index in [9.17, 15) is 9.59 Å². The molecule has 0 radical (unpaired) electrons. The van der Waals surface area contributed by atoms with Crippen LogP contribution in [0.15, 0.2) is 23.1 Å². The van der Waals surface area contributed by atoms with Gasteiger partial charge < -0.3 is 15.0 Å². The normalized spacial score (nSPS) is 20.0. The average molecular weight is 417 g/mol. The lowest BCUT2D eigenvalue weighted by Gasteiger charge is -2.33. The molecule has 1 saturated heterocycles. The Bertz CT molecular complexity index is 912. The van der Waals surface area contributed by atoms with Gasteiger partial charge in [0.05, 0.1) is 10.8 Å². The van der Waals surface area contributed by atoms with Crippen LogP contribution in [0, 0.1) is 5.92 Å². The third-order valence-corrected chi connectivity index (χ3v) is 6.66. The Morgan fingerprint density at radius 2 is 2.07 bits per heavy atom. The van der Waals surface area contributed by atoms with Gasteiger partial charge in [-0.1, -0.05) is 6.07 Å². The fourth-order valence-corrected chi connectivity index (χ4v) is 5.13. The number of thioether (sulfide) groups is 1. The third kappa shape index (κ3) is 4.52. The van der Waals surface area contributed by atoms with Gasteiger partial charge in [0.15, 0.2) is 0 Å². The number of hydrogen-bond acceptors (Lipinski definition) is 5. The minimum Gasteiger partial charge on any atom is -0.444 e. The Kier molecular flexibility index (Phi) is 5.46. The molecule has 4 rings (SSSR count). The van der Waals surface area contributed by atoms with Crippen molar-refractivity contribution in [1.82, 2.24) is 20.4 Å². The molecule has 1 aromatic heterocycles. The molecule has 2 amide bonds. The van der Waals surface area contributed by atoms with Crippen molar-refractivity contribution in [2.24, 2.45) is 5.92 Å². The van der Waals surface area contributed by atoms with E-state index >= 15 is 0 Å². The molecule has 0 bridgehead atoms. The van der Waals surface area contributed by atoms with E-state index in [2.05, 4.69) is 21.6 Å². The first kappa shape index (κ1) is 20.1. The number of ether oxygens (including phenoxy) is 1. The Hall–Kier alpha value is -2.22. The van der Waals surface area contributed by atoms with Gasteiger partial charge in [-0.2, -0.15) is 5.10 Å². The second-order valence-electron chi connectivity index (χ2n) is 8.82. The van der Waals surface area contributed by atoms with Crippen LogP contribution in [0.5, 0.6) is 0 Å². The van der Waals surface area contributed by atoms with E-state index in [1.165, 1.54) is 0 Å². The molecule has 2 aliphatic heterocycles. The molecule has 2 aromatic rings. The number of carbonyl (C=O) groups excluding carboxylic acids is 2. The molecular formula is C21H28N4O3S. The smallest absolute Gasteiger partial charge is 0.410 e. The molecule has 0 saturated carbocycles.